The highest BCUT2D eigenvalue weighted by Crippen LogP contribution is 2.35. The van der Waals surface area contributed by atoms with Crippen LogP contribution in [0.5, 0.6) is 0 Å². The number of benzene rings is 1. The van der Waals surface area contributed by atoms with E-state index in [-0.39, 0.29) is 6.04 Å². The third-order valence-corrected chi connectivity index (χ3v) is 7.20. The lowest BCUT2D eigenvalue weighted by atomic mass is 9.94. The summed E-state index contributed by atoms with van der Waals surface area (Å²) in [5, 5.41) is 0. The number of hydrogen-bond donors (Lipinski definition) is 1. The summed E-state index contributed by atoms with van der Waals surface area (Å²) in [5.41, 5.74) is 0. The van der Waals surface area contributed by atoms with E-state index in [2.05, 4.69) is 50.4 Å². The van der Waals surface area contributed by atoms with Crippen molar-refractivity contribution in [3.8, 4) is 0 Å². The molecule has 1 fully saturated rings. The van der Waals surface area contributed by atoms with Crippen molar-refractivity contribution in [3.05, 3.63) is 27.1 Å². The molecule has 1 aromatic carbocycles. The van der Waals surface area contributed by atoms with Gasteiger partial charge in [0.25, 0.3) is 0 Å². The second-order valence-corrected chi connectivity index (χ2v) is 8.86. The average Bonchev–Trinajstić information content (AvgIpc) is 2.69. The van der Waals surface area contributed by atoms with Crippen molar-refractivity contribution in [2.24, 2.45) is 11.8 Å². The van der Waals surface area contributed by atoms with Gasteiger partial charge in [0, 0.05) is 15.0 Å². The first kappa shape index (κ1) is 16.5. The van der Waals surface area contributed by atoms with Gasteiger partial charge in [0.15, 0.2) is 0 Å². The maximum atomic E-state index is 12.5. The zero-order chi connectivity index (χ0) is 14.9. The van der Waals surface area contributed by atoms with E-state index < -0.39 is 10.0 Å². The Labute approximate surface area is 137 Å². The molecule has 1 N–H and O–H groups in total. The molecule has 0 radical (unpaired) electrons. The molecule has 1 aliphatic carbocycles. The van der Waals surface area contributed by atoms with Crippen LogP contribution in [-0.4, -0.2) is 14.5 Å². The molecule has 6 heteroatoms. The summed E-state index contributed by atoms with van der Waals surface area (Å²) in [6, 6.07) is 5.15. The minimum absolute atomic E-state index is 0.0421. The van der Waals surface area contributed by atoms with E-state index in [0.29, 0.717) is 21.2 Å². The predicted molar refractivity (Wildman–Crippen MR) is 88.1 cm³/mol. The third kappa shape index (κ3) is 3.46. The Morgan fingerprint density at radius 2 is 2.00 bits per heavy atom. The van der Waals surface area contributed by atoms with Gasteiger partial charge in [-0.05, 0) is 58.8 Å². The van der Waals surface area contributed by atoms with Gasteiger partial charge < -0.3 is 0 Å². The minimum atomic E-state index is -3.47. The van der Waals surface area contributed by atoms with Gasteiger partial charge in [0.2, 0.25) is 10.0 Å². The molecule has 3 nitrogen and oxygen atoms in total. The van der Waals surface area contributed by atoms with E-state index in [9.17, 15) is 8.42 Å². The van der Waals surface area contributed by atoms with Crippen molar-refractivity contribution in [2.45, 2.75) is 44.0 Å². The van der Waals surface area contributed by atoms with Crippen LogP contribution in [0.1, 0.15) is 33.1 Å². The van der Waals surface area contributed by atoms with Crippen LogP contribution in [0.4, 0.5) is 0 Å². The second kappa shape index (κ2) is 6.46. The molecule has 0 saturated heterocycles. The number of halogens is 2. The molecule has 0 bridgehead atoms. The number of rotatable bonds is 4. The fourth-order valence-corrected chi connectivity index (χ4v) is 6.05. The van der Waals surface area contributed by atoms with Crippen molar-refractivity contribution in [2.75, 3.05) is 0 Å². The van der Waals surface area contributed by atoms with Crippen molar-refractivity contribution >= 4 is 41.9 Å². The molecule has 0 aromatic heterocycles. The number of sulfonamides is 1. The number of nitrogens with one attached hydrogen (secondary N) is 1. The van der Waals surface area contributed by atoms with Crippen molar-refractivity contribution < 1.29 is 8.42 Å². The molecule has 20 heavy (non-hydrogen) atoms. The topological polar surface area (TPSA) is 46.2 Å². The van der Waals surface area contributed by atoms with Crippen LogP contribution in [-0.2, 0) is 10.0 Å². The first-order valence-electron chi connectivity index (χ1n) is 6.82. The second-order valence-electron chi connectivity index (χ2n) is 5.41. The van der Waals surface area contributed by atoms with Gasteiger partial charge >= 0.3 is 0 Å². The summed E-state index contributed by atoms with van der Waals surface area (Å²) in [5.74, 6) is 1.01. The maximum absolute atomic E-state index is 12.5. The van der Waals surface area contributed by atoms with E-state index in [1.807, 2.05) is 0 Å². The van der Waals surface area contributed by atoms with Gasteiger partial charge in [-0.3, -0.25) is 0 Å². The van der Waals surface area contributed by atoms with E-state index in [1.54, 1.807) is 18.2 Å². The molecule has 2 rings (SSSR count). The summed E-state index contributed by atoms with van der Waals surface area (Å²) in [7, 11) is -3.47. The Hall–Kier alpha value is 0.0900. The Morgan fingerprint density at radius 3 is 2.55 bits per heavy atom. The van der Waals surface area contributed by atoms with E-state index in [1.165, 1.54) is 0 Å². The van der Waals surface area contributed by atoms with E-state index in [0.717, 1.165) is 23.7 Å². The summed E-state index contributed by atoms with van der Waals surface area (Å²) >= 11 is 6.66. The zero-order valence-electron chi connectivity index (χ0n) is 11.6. The molecule has 0 aliphatic heterocycles. The monoisotopic (exact) mass is 423 g/mol. The lowest BCUT2D eigenvalue weighted by Crippen LogP contribution is -2.37. The van der Waals surface area contributed by atoms with Crippen LogP contribution in [0, 0.1) is 11.8 Å². The SMILES string of the molecule is CCC1CCC(NS(=O)(=O)c2ccc(Br)cc2Br)C1C. The molecule has 1 aliphatic rings. The highest BCUT2D eigenvalue weighted by atomic mass is 79.9. The quantitative estimate of drug-likeness (QED) is 0.782. The van der Waals surface area contributed by atoms with Gasteiger partial charge in [-0.25, -0.2) is 13.1 Å². The average molecular weight is 425 g/mol. The molecule has 112 valence electrons. The Morgan fingerprint density at radius 1 is 1.30 bits per heavy atom. The van der Waals surface area contributed by atoms with Crippen LogP contribution < -0.4 is 4.72 Å². The first-order chi connectivity index (χ1) is 9.35. The Balaban J connectivity index is 2.20. The fraction of sp³-hybridized carbons (Fsp3) is 0.571. The lowest BCUT2D eigenvalue weighted by Gasteiger charge is -2.21. The smallest absolute Gasteiger partial charge is 0.208 e. The molecule has 0 heterocycles. The zero-order valence-corrected chi connectivity index (χ0v) is 15.6. The van der Waals surface area contributed by atoms with Crippen molar-refractivity contribution in [1.29, 1.82) is 0 Å². The highest BCUT2D eigenvalue weighted by Gasteiger charge is 2.34. The van der Waals surface area contributed by atoms with Gasteiger partial charge in [-0.15, -0.1) is 0 Å². The van der Waals surface area contributed by atoms with Gasteiger partial charge in [0.1, 0.15) is 0 Å². The summed E-state index contributed by atoms with van der Waals surface area (Å²) in [4.78, 5) is 0.299. The highest BCUT2D eigenvalue weighted by molar-refractivity contribution is 9.11. The van der Waals surface area contributed by atoms with E-state index in [4.69, 9.17) is 0 Å². The molecule has 1 aromatic rings. The molecule has 0 spiro atoms. The Bertz CT molecular complexity index is 589. The largest absolute Gasteiger partial charge is 0.241 e. The normalized spacial score (nSPS) is 26.9. The van der Waals surface area contributed by atoms with Crippen LogP contribution in [0.2, 0.25) is 0 Å². The summed E-state index contributed by atoms with van der Waals surface area (Å²) in [6.07, 6.45) is 3.14. The lowest BCUT2D eigenvalue weighted by molar-refractivity contribution is 0.368. The van der Waals surface area contributed by atoms with Crippen molar-refractivity contribution in [1.82, 2.24) is 4.72 Å². The molecule has 3 unspecified atom stereocenters. The van der Waals surface area contributed by atoms with Gasteiger partial charge in [-0.2, -0.15) is 0 Å². The van der Waals surface area contributed by atoms with Gasteiger partial charge in [-0.1, -0.05) is 36.2 Å². The summed E-state index contributed by atoms with van der Waals surface area (Å²) in [6.45, 7) is 4.31. The standard InChI is InChI=1S/C14H19Br2NO2S/c1-3-10-4-6-13(9(10)2)17-20(18,19)14-7-5-11(15)8-12(14)16/h5,7-10,13,17H,3-4,6H2,1-2H3. The fourth-order valence-electron chi connectivity index (χ4n) is 2.95. The van der Waals surface area contributed by atoms with Crippen molar-refractivity contribution in [3.63, 3.8) is 0 Å². The third-order valence-electron chi connectivity index (χ3n) is 4.24. The molecular weight excluding hydrogens is 406 g/mol. The van der Waals surface area contributed by atoms with Crippen LogP contribution in [0.3, 0.4) is 0 Å². The predicted octanol–water partition coefficient (Wildman–Crippen LogP) is 4.31. The summed E-state index contributed by atoms with van der Waals surface area (Å²) < 4.78 is 29.3. The molecular formula is C14H19Br2NO2S. The first-order valence-corrected chi connectivity index (χ1v) is 9.89. The Kier molecular flexibility index (Phi) is 5.32. The molecule has 0 amide bonds. The molecule has 3 atom stereocenters. The van der Waals surface area contributed by atoms with Crippen LogP contribution >= 0.6 is 31.9 Å². The minimum Gasteiger partial charge on any atom is -0.208 e. The maximum Gasteiger partial charge on any atom is 0.241 e. The van der Waals surface area contributed by atoms with Crippen LogP contribution in [0.15, 0.2) is 32.0 Å². The number of hydrogen-bond acceptors (Lipinski definition) is 2. The molecule has 1 saturated carbocycles. The van der Waals surface area contributed by atoms with Gasteiger partial charge in [0.05, 0.1) is 4.90 Å². The van der Waals surface area contributed by atoms with E-state index >= 15 is 0 Å². The van der Waals surface area contributed by atoms with Crippen LogP contribution in [0.25, 0.3) is 0 Å².